The van der Waals surface area contributed by atoms with Crippen LogP contribution in [-0.2, 0) is 14.3 Å². The summed E-state index contributed by atoms with van der Waals surface area (Å²) >= 11 is 0. The van der Waals surface area contributed by atoms with Crippen LogP contribution in [0.4, 0.5) is 0 Å². The Bertz CT molecular complexity index is 311. The Morgan fingerprint density at radius 1 is 0.737 bits per heavy atom. The second-order valence-electron chi connectivity index (χ2n) is 5.99. The third-order valence-corrected chi connectivity index (χ3v) is 4.40. The lowest BCUT2D eigenvalue weighted by molar-refractivity contribution is -0.187. The number of Topliss-reactive ketones (excluding diaryl/α,β-unsaturated/α-hetero) is 1. The number of fused-ring (bicyclic) bond motifs is 1. The number of ether oxygens (including phenoxy) is 1. The van der Waals surface area contributed by atoms with E-state index in [9.17, 15) is 9.59 Å². The van der Waals surface area contributed by atoms with E-state index in [1.54, 1.807) is 0 Å². The Labute approximate surface area is 116 Å². The normalized spacial score (nSPS) is 31.4. The molecule has 1 aliphatic carbocycles. The Balaban J connectivity index is 1.81. The average molecular weight is 266 g/mol. The van der Waals surface area contributed by atoms with Gasteiger partial charge in [0.25, 0.3) is 0 Å². The lowest BCUT2D eigenvalue weighted by Crippen LogP contribution is -2.49. The van der Waals surface area contributed by atoms with Crippen molar-refractivity contribution in [3.05, 3.63) is 0 Å². The Kier molecular flexibility index (Phi) is 5.87. The molecule has 2 rings (SSSR count). The van der Waals surface area contributed by atoms with Crippen LogP contribution in [0.25, 0.3) is 0 Å². The van der Waals surface area contributed by atoms with Gasteiger partial charge in [0.2, 0.25) is 0 Å². The first-order valence-electron chi connectivity index (χ1n) is 8.02. The minimum atomic E-state index is -0.426. The number of ketones is 1. The molecule has 1 aliphatic heterocycles. The molecule has 2 fully saturated rings. The zero-order chi connectivity index (χ0) is 13.5. The summed E-state index contributed by atoms with van der Waals surface area (Å²) in [6, 6.07) is 0. The first kappa shape index (κ1) is 14.5. The molecule has 0 aromatic rings. The molecule has 1 heterocycles. The van der Waals surface area contributed by atoms with E-state index in [1.165, 1.54) is 44.9 Å². The summed E-state index contributed by atoms with van der Waals surface area (Å²) in [5.41, 5.74) is 0. The minimum absolute atomic E-state index is 0.106. The maximum absolute atomic E-state index is 12.0. The monoisotopic (exact) mass is 266 g/mol. The molecule has 19 heavy (non-hydrogen) atoms. The van der Waals surface area contributed by atoms with Gasteiger partial charge in [-0.2, -0.15) is 0 Å². The van der Waals surface area contributed by atoms with Crippen LogP contribution >= 0.6 is 0 Å². The van der Waals surface area contributed by atoms with E-state index in [4.69, 9.17) is 4.74 Å². The van der Waals surface area contributed by atoms with E-state index in [-0.39, 0.29) is 17.9 Å². The van der Waals surface area contributed by atoms with Crippen molar-refractivity contribution >= 4 is 11.8 Å². The van der Waals surface area contributed by atoms with Gasteiger partial charge in [0.15, 0.2) is 11.7 Å². The van der Waals surface area contributed by atoms with Crippen molar-refractivity contribution in [2.45, 2.75) is 83.2 Å². The molecule has 0 spiro atoms. The van der Waals surface area contributed by atoms with Gasteiger partial charge in [0.05, 0.1) is 0 Å². The first-order chi connectivity index (χ1) is 9.29. The van der Waals surface area contributed by atoms with Gasteiger partial charge in [-0.3, -0.25) is 9.59 Å². The fraction of sp³-hybridized carbons (Fsp3) is 0.875. The summed E-state index contributed by atoms with van der Waals surface area (Å²) in [5.74, 6) is -0.583. The van der Waals surface area contributed by atoms with Crippen molar-refractivity contribution in [1.82, 2.24) is 0 Å². The second-order valence-corrected chi connectivity index (χ2v) is 5.99. The number of rotatable bonds is 0. The smallest absolute Gasteiger partial charge is 0.320 e. The second kappa shape index (κ2) is 7.66. The van der Waals surface area contributed by atoms with E-state index in [0.717, 1.165) is 25.7 Å². The summed E-state index contributed by atoms with van der Waals surface area (Å²) in [5, 5.41) is 0. The van der Waals surface area contributed by atoms with Crippen molar-refractivity contribution in [3.8, 4) is 0 Å². The summed E-state index contributed by atoms with van der Waals surface area (Å²) < 4.78 is 5.14. The molecular formula is C16H26O3. The van der Waals surface area contributed by atoms with Crippen molar-refractivity contribution in [2.24, 2.45) is 5.92 Å². The van der Waals surface area contributed by atoms with Gasteiger partial charge >= 0.3 is 5.97 Å². The van der Waals surface area contributed by atoms with Crippen LogP contribution in [0.2, 0.25) is 0 Å². The van der Waals surface area contributed by atoms with Crippen molar-refractivity contribution in [1.29, 1.82) is 0 Å². The Morgan fingerprint density at radius 3 is 1.84 bits per heavy atom. The average Bonchev–Trinajstić information content (AvgIpc) is 2.37. The highest BCUT2D eigenvalue weighted by molar-refractivity contribution is 6.02. The topological polar surface area (TPSA) is 43.4 Å². The number of hydrogen-bond acceptors (Lipinski definition) is 3. The lowest BCUT2D eigenvalue weighted by Gasteiger charge is -2.34. The maximum Gasteiger partial charge on any atom is 0.320 e. The molecule has 0 radical (unpaired) electrons. The number of esters is 1. The Morgan fingerprint density at radius 2 is 1.26 bits per heavy atom. The van der Waals surface area contributed by atoms with Crippen LogP contribution in [0.1, 0.15) is 77.0 Å². The van der Waals surface area contributed by atoms with Crippen LogP contribution in [0.5, 0.6) is 0 Å². The zero-order valence-corrected chi connectivity index (χ0v) is 11.9. The molecule has 2 atom stereocenters. The largest absolute Gasteiger partial charge is 0.460 e. The SMILES string of the molecule is O=C1CCCCCCCCCCCCC2OC(=O)C12. The molecule has 2 unspecified atom stereocenters. The van der Waals surface area contributed by atoms with Crippen LogP contribution in [0.15, 0.2) is 0 Å². The third-order valence-electron chi connectivity index (χ3n) is 4.40. The van der Waals surface area contributed by atoms with Crippen molar-refractivity contribution in [2.75, 3.05) is 0 Å². The molecule has 1 saturated heterocycles. The first-order valence-corrected chi connectivity index (χ1v) is 8.02. The summed E-state index contributed by atoms with van der Waals surface area (Å²) in [4.78, 5) is 23.5. The van der Waals surface area contributed by atoms with Crippen molar-refractivity contribution in [3.63, 3.8) is 0 Å². The fourth-order valence-corrected chi connectivity index (χ4v) is 3.15. The Hall–Kier alpha value is -0.860. The van der Waals surface area contributed by atoms with E-state index in [0.29, 0.717) is 6.42 Å². The summed E-state index contributed by atoms with van der Waals surface area (Å²) in [6.45, 7) is 0. The molecule has 0 bridgehead atoms. The summed E-state index contributed by atoms with van der Waals surface area (Å²) in [7, 11) is 0. The van der Waals surface area contributed by atoms with E-state index in [2.05, 4.69) is 0 Å². The predicted octanol–water partition coefficient (Wildman–Crippen LogP) is 3.79. The van der Waals surface area contributed by atoms with Gasteiger partial charge in [-0.05, 0) is 19.3 Å². The molecule has 3 nitrogen and oxygen atoms in total. The van der Waals surface area contributed by atoms with E-state index < -0.39 is 5.92 Å². The van der Waals surface area contributed by atoms with Gasteiger partial charge in [-0.25, -0.2) is 0 Å². The molecule has 0 aromatic heterocycles. The zero-order valence-electron chi connectivity index (χ0n) is 11.9. The van der Waals surface area contributed by atoms with Crippen LogP contribution in [-0.4, -0.2) is 17.9 Å². The molecule has 0 aromatic carbocycles. The highest BCUT2D eigenvalue weighted by Gasteiger charge is 2.46. The highest BCUT2D eigenvalue weighted by atomic mass is 16.6. The van der Waals surface area contributed by atoms with Crippen molar-refractivity contribution < 1.29 is 14.3 Å². The van der Waals surface area contributed by atoms with Gasteiger partial charge in [0, 0.05) is 6.42 Å². The third kappa shape index (κ3) is 4.32. The number of hydrogen-bond donors (Lipinski definition) is 0. The minimum Gasteiger partial charge on any atom is -0.460 e. The molecule has 3 heteroatoms. The molecule has 1 saturated carbocycles. The summed E-state index contributed by atoms with van der Waals surface area (Å²) in [6.07, 6.45) is 13.5. The molecule has 2 aliphatic rings. The maximum atomic E-state index is 12.0. The quantitative estimate of drug-likeness (QED) is 0.495. The standard InChI is InChI=1S/C16H26O3/c17-13-11-9-7-5-3-1-2-4-6-8-10-12-14-15(13)16(18)19-14/h14-15H,1-12H2. The van der Waals surface area contributed by atoms with Gasteiger partial charge < -0.3 is 4.74 Å². The van der Waals surface area contributed by atoms with E-state index >= 15 is 0 Å². The lowest BCUT2D eigenvalue weighted by atomic mass is 9.86. The van der Waals surface area contributed by atoms with Gasteiger partial charge in [-0.15, -0.1) is 0 Å². The predicted molar refractivity (Wildman–Crippen MR) is 73.8 cm³/mol. The fourth-order valence-electron chi connectivity index (χ4n) is 3.15. The highest BCUT2D eigenvalue weighted by Crippen LogP contribution is 2.29. The van der Waals surface area contributed by atoms with Crippen LogP contribution in [0.3, 0.4) is 0 Å². The molecule has 0 N–H and O–H groups in total. The van der Waals surface area contributed by atoms with Crippen LogP contribution < -0.4 is 0 Å². The van der Waals surface area contributed by atoms with Gasteiger partial charge in [0.1, 0.15) is 6.10 Å². The van der Waals surface area contributed by atoms with E-state index in [1.807, 2.05) is 0 Å². The van der Waals surface area contributed by atoms with Crippen LogP contribution in [0, 0.1) is 5.92 Å². The molecular weight excluding hydrogens is 240 g/mol. The molecule has 108 valence electrons. The van der Waals surface area contributed by atoms with Gasteiger partial charge in [-0.1, -0.05) is 51.4 Å². The number of carbonyl (C=O) groups is 2. The molecule has 0 amide bonds. The number of carbonyl (C=O) groups excluding carboxylic acids is 2.